The van der Waals surface area contributed by atoms with Crippen molar-refractivity contribution in [2.75, 3.05) is 33.4 Å². The van der Waals surface area contributed by atoms with Gasteiger partial charge >= 0.3 is 5.13 Å². The Hall–Kier alpha value is -0.160. The highest BCUT2D eigenvalue weighted by atomic mass is 79.9. The van der Waals surface area contributed by atoms with Gasteiger partial charge in [0.25, 0.3) is 0 Å². The standard InChI is InChI=1S/C17H30BrN5O2S/c1-3-4-6-13(18)9-16-20-21-17(26-16)23(24)12-22(2)11-15(23)19-10-14-7-5-8-25-14/h13-15,19H,3-12H2,1-2H3. The summed E-state index contributed by atoms with van der Waals surface area (Å²) in [6.07, 6.45) is 6.54. The van der Waals surface area contributed by atoms with Gasteiger partial charge in [-0.05, 0) is 37.6 Å². The lowest BCUT2D eigenvalue weighted by atomic mass is 10.2. The molecule has 148 valence electrons. The van der Waals surface area contributed by atoms with Crippen LogP contribution in [0.25, 0.3) is 0 Å². The summed E-state index contributed by atoms with van der Waals surface area (Å²) in [6.45, 7) is 4.88. The molecule has 4 unspecified atom stereocenters. The number of unbranched alkanes of at least 4 members (excludes halogenated alkanes) is 1. The lowest BCUT2D eigenvalue weighted by Gasteiger charge is -2.39. The highest BCUT2D eigenvalue weighted by Crippen LogP contribution is 2.33. The number of quaternary nitrogens is 1. The summed E-state index contributed by atoms with van der Waals surface area (Å²) < 4.78 is 5.22. The van der Waals surface area contributed by atoms with Crippen LogP contribution in [-0.4, -0.2) is 65.6 Å². The molecule has 2 saturated heterocycles. The van der Waals surface area contributed by atoms with Crippen molar-refractivity contribution in [2.45, 2.75) is 62.5 Å². The van der Waals surface area contributed by atoms with Gasteiger partial charge in [-0.2, -0.15) is 0 Å². The number of hydroxylamine groups is 2. The van der Waals surface area contributed by atoms with Crippen LogP contribution in [0.15, 0.2) is 0 Å². The van der Waals surface area contributed by atoms with Gasteiger partial charge in [0.05, 0.1) is 12.6 Å². The molecule has 4 atom stereocenters. The molecule has 3 heterocycles. The zero-order valence-corrected chi connectivity index (χ0v) is 18.1. The summed E-state index contributed by atoms with van der Waals surface area (Å²) in [7, 11) is 1.99. The monoisotopic (exact) mass is 447 g/mol. The van der Waals surface area contributed by atoms with Gasteiger partial charge in [0, 0.05) is 24.4 Å². The van der Waals surface area contributed by atoms with Crippen molar-refractivity contribution in [2.24, 2.45) is 0 Å². The highest BCUT2D eigenvalue weighted by molar-refractivity contribution is 9.09. The fraction of sp³-hybridized carbons (Fsp3) is 0.882. The number of nitrogens with zero attached hydrogens (tertiary/aromatic N) is 4. The van der Waals surface area contributed by atoms with E-state index in [0.717, 1.165) is 43.8 Å². The van der Waals surface area contributed by atoms with E-state index >= 15 is 0 Å². The van der Waals surface area contributed by atoms with Gasteiger partial charge in [0.1, 0.15) is 11.7 Å². The molecule has 9 heteroatoms. The Morgan fingerprint density at radius 2 is 2.35 bits per heavy atom. The molecule has 0 aromatic carbocycles. The number of hydrogen-bond acceptors (Lipinski definition) is 7. The quantitative estimate of drug-likeness (QED) is 0.356. The summed E-state index contributed by atoms with van der Waals surface area (Å²) in [4.78, 5) is 2.47. The molecule has 2 aliphatic rings. The fourth-order valence-electron chi connectivity index (χ4n) is 3.62. The second-order valence-electron chi connectivity index (χ2n) is 7.46. The largest absolute Gasteiger partial charge is 0.623 e. The molecule has 0 aliphatic carbocycles. The van der Waals surface area contributed by atoms with Gasteiger partial charge in [-0.3, -0.25) is 14.9 Å². The molecule has 0 spiro atoms. The third-order valence-corrected chi connectivity index (χ3v) is 6.93. The molecule has 2 aliphatic heterocycles. The normalized spacial score (nSPS) is 30.9. The van der Waals surface area contributed by atoms with Crippen LogP contribution >= 0.6 is 27.3 Å². The van der Waals surface area contributed by atoms with E-state index in [9.17, 15) is 5.21 Å². The Bertz CT molecular complexity index is 571. The number of ether oxygens (including phenoxy) is 1. The van der Waals surface area contributed by atoms with Crippen LogP contribution in [0.3, 0.4) is 0 Å². The lowest BCUT2D eigenvalue weighted by molar-refractivity contribution is 0.103. The average Bonchev–Trinajstić information content (AvgIpc) is 3.32. The molecular formula is C17H30BrN5O2S. The predicted molar refractivity (Wildman–Crippen MR) is 109 cm³/mol. The average molecular weight is 448 g/mol. The number of nitrogens with one attached hydrogen (secondary N) is 1. The second kappa shape index (κ2) is 9.36. The molecule has 26 heavy (non-hydrogen) atoms. The molecule has 0 radical (unpaired) electrons. The summed E-state index contributed by atoms with van der Waals surface area (Å²) in [5.41, 5.74) is 0. The third-order valence-electron chi connectivity index (χ3n) is 5.09. The zero-order valence-electron chi connectivity index (χ0n) is 15.7. The van der Waals surface area contributed by atoms with Gasteiger partial charge in [0.15, 0.2) is 6.17 Å². The highest BCUT2D eigenvalue weighted by Gasteiger charge is 2.42. The maximum absolute atomic E-state index is 13.6. The fourth-order valence-corrected chi connectivity index (χ4v) is 5.46. The van der Waals surface area contributed by atoms with E-state index in [1.807, 2.05) is 7.05 Å². The number of rotatable bonds is 9. The summed E-state index contributed by atoms with van der Waals surface area (Å²) in [5.74, 6) is 0. The number of halogens is 1. The first-order valence-corrected chi connectivity index (χ1v) is 11.3. The van der Waals surface area contributed by atoms with Crippen molar-refractivity contribution in [1.82, 2.24) is 25.1 Å². The van der Waals surface area contributed by atoms with Crippen LogP contribution in [0.5, 0.6) is 0 Å². The van der Waals surface area contributed by atoms with Gasteiger partial charge in [0.2, 0.25) is 0 Å². The zero-order chi connectivity index (χ0) is 18.6. The van der Waals surface area contributed by atoms with E-state index in [0.29, 0.717) is 23.2 Å². The molecule has 2 fully saturated rings. The molecule has 0 saturated carbocycles. The number of aromatic nitrogens is 2. The van der Waals surface area contributed by atoms with Crippen LogP contribution in [0.4, 0.5) is 5.13 Å². The Morgan fingerprint density at radius 1 is 1.50 bits per heavy atom. The van der Waals surface area contributed by atoms with Crippen LogP contribution in [-0.2, 0) is 11.2 Å². The van der Waals surface area contributed by atoms with Crippen LogP contribution in [0.2, 0.25) is 0 Å². The molecule has 1 aromatic heterocycles. The van der Waals surface area contributed by atoms with Crippen molar-refractivity contribution in [1.29, 1.82) is 0 Å². The van der Waals surface area contributed by atoms with Gasteiger partial charge < -0.3 is 9.94 Å². The Morgan fingerprint density at radius 3 is 3.08 bits per heavy atom. The predicted octanol–water partition coefficient (Wildman–Crippen LogP) is 2.84. The Balaban J connectivity index is 1.63. The van der Waals surface area contributed by atoms with Crippen LogP contribution in [0, 0.1) is 5.21 Å². The van der Waals surface area contributed by atoms with E-state index in [-0.39, 0.29) is 12.3 Å². The number of alkyl halides is 1. The maximum Gasteiger partial charge on any atom is 0.309 e. The minimum Gasteiger partial charge on any atom is -0.623 e. The first-order valence-electron chi connectivity index (χ1n) is 9.60. The van der Waals surface area contributed by atoms with E-state index in [4.69, 9.17) is 4.74 Å². The van der Waals surface area contributed by atoms with Crippen molar-refractivity contribution in [3.8, 4) is 0 Å². The van der Waals surface area contributed by atoms with Crippen molar-refractivity contribution in [3.05, 3.63) is 10.2 Å². The third kappa shape index (κ3) is 5.01. The van der Waals surface area contributed by atoms with E-state index in [1.54, 1.807) is 0 Å². The van der Waals surface area contributed by atoms with Gasteiger partial charge in [-0.1, -0.05) is 40.8 Å². The molecule has 0 bridgehead atoms. The van der Waals surface area contributed by atoms with E-state index in [1.165, 1.54) is 24.2 Å². The minimum absolute atomic E-state index is 0.218. The molecule has 1 aromatic rings. The molecule has 1 N–H and O–H groups in total. The number of hydrogen-bond donors (Lipinski definition) is 1. The SMILES string of the molecule is CCCCC(Br)Cc1nnc([N+]2([O-])CN(C)CC2NCC2CCCO2)s1. The van der Waals surface area contributed by atoms with Crippen molar-refractivity contribution in [3.63, 3.8) is 0 Å². The minimum atomic E-state index is -0.456. The summed E-state index contributed by atoms with van der Waals surface area (Å²) in [5, 5.41) is 27.1. The first kappa shape index (κ1) is 20.6. The first-order chi connectivity index (χ1) is 12.5. The molecular weight excluding hydrogens is 418 g/mol. The lowest BCUT2D eigenvalue weighted by Crippen LogP contribution is -2.57. The van der Waals surface area contributed by atoms with Gasteiger partial charge in [-0.25, -0.2) is 0 Å². The second-order valence-corrected chi connectivity index (χ2v) is 9.79. The Labute approximate surface area is 168 Å². The Kier molecular flexibility index (Phi) is 7.40. The van der Waals surface area contributed by atoms with E-state index in [2.05, 4.69) is 43.3 Å². The van der Waals surface area contributed by atoms with Crippen LogP contribution < -0.4 is 9.96 Å². The number of likely N-dealkylation sites (N-methyl/N-ethyl adjacent to an activating group) is 1. The van der Waals surface area contributed by atoms with Crippen molar-refractivity contribution >= 4 is 32.4 Å². The summed E-state index contributed by atoms with van der Waals surface area (Å²) in [6, 6.07) is 0. The van der Waals surface area contributed by atoms with Crippen molar-refractivity contribution < 1.29 is 4.74 Å². The topological polar surface area (TPSA) is 73.3 Å². The maximum atomic E-state index is 13.6. The molecule has 7 nitrogen and oxygen atoms in total. The van der Waals surface area contributed by atoms with Gasteiger partial charge in [-0.15, -0.1) is 5.10 Å². The van der Waals surface area contributed by atoms with E-state index < -0.39 is 4.65 Å². The summed E-state index contributed by atoms with van der Waals surface area (Å²) >= 11 is 5.19. The van der Waals surface area contributed by atoms with Crippen LogP contribution in [0.1, 0.15) is 44.0 Å². The smallest absolute Gasteiger partial charge is 0.309 e. The molecule has 0 amide bonds. The molecule has 3 rings (SSSR count).